The van der Waals surface area contributed by atoms with E-state index in [1.807, 2.05) is 30.3 Å². The van der Waals surface area contributed by atoms with Crippen LogP contribution in [0.1, 0.15) is 25.1 Å². The summed E-state index contributed by atoms with van der Waals surface area (Å²) in [5.74, 6) is 0.300. The fourth-order valence-electron chi connectivity index (χ4n) is 2.35. The second-order valence-corrected chi connectivity index (χ2v) is 7.16. The highest BCUT2D eigenvalue weighted by Gasteiger charge is 2.50. The van der Waals surface area contributed by atoms with Gasteiger partial charge in [0.05, 0.1) is 16.9 Å². The molecule has 6 heteroatoms. The van der Waals surface area contributed by atoms with E-state index < -0.39 is 14.9 Å². The lowest BCUT2D eigenvalue weighted by Crippen LogP contribution is -2.27. The molecule has 0 bridgehead atoms. The topological polar surface area (TPSA) is 61.2 Å². The van der Waals surface area contributed by atoms with Gasteiger partial charge in [0.25, 0.3) is 0 Å². The number of aromatic nitrogens is 2. The summed E-state index contributed by atoms with van der Waals surface area (Å²) in [6.07, 6.45) is 0. The average Bonchev–Trinajstić information content (AvgIpc) is 2.75. The van der Waals surface area contributed by atoms with Crippen LogP contribution in [0.2, 0.25) is 0 Å². The largest absolute Gasteiger partial charge is 0.361 e. The lowest BCUT2D eigenvalue weighted by Gasteiger charge is -2.14. The molecule has 0 saturated carbocycles. The molecule has 0 spiro atoms. The van der Waals surface area contributed by atoms with Gasteiger partial charge in [-0.3, -0.25) is 0 Å². The highest BCUT2D eigenvalue weighted by molar-refractivity contribution is 7.88. The molecule has 0 radical (unpaired) electrons. The number of hydrogen-bond acceptors (Lipinski definition) is 4. The number of nitrogens with zero attached hydrogens (tertiary/aromatic N) is 2. The molecule has 100 valence electrons. The summed E-state index contributed by atoms with van der Waals surface area (Å²) in [6, 6.07) is 9.34. The van der Waals surface area contributed by atoms with Crippen LogP contribution >= 0.6 is 0 Å². The minimum atomic E-state index is -3.65. The van der Waals surface area contributed by atoms with Crippen LogP contribution in [0.25, 0.3) is 5.69 Å². The molecule has 19 heavy (non-hydrogen) atoms. The molecule has 1 aromatic heterocycles. The van der Waals surface area contributed by atoms with Crippen molar-refractivity contribution in [3.63, 3.8) is 0 Å². The van der Waals surface area contributed by atoms with Crippen LogP contribution in [0.3, 0.4) is 0 Å². The van der Waals surface area contributed by atoms with Crippen molar-refractivity contribution in [1.82, 2.24) is 9.78 Å². The third-order valence-electron chi connectivity index (χ3n) is 3.43. The van der Waals surface area contributed by atoms with Crippen LogP contribution in [-0.4, -0.2) is 18.2 Å². The quantitative estimate of drug-likeness (QED) is 0.750. The minimum Gasteiger partial charge on any atom is -0.361 e. The molecule has 1 aromatic carbocycles. The Balaban J connectivity index is 2.29. The molecule has 2 aromatic rings. The molecular weight excluding hydrogens is 264 g/mol. The minimum absolute atomic E-state index is 0.300. The Kier molecular flexibility index (Phi) is 2.32. The fraction of sp³-hybridized carbons (Fsp3) is 0.308. The van der Waals surface area contributed by atoms with E-state index in [9.17, 15) is 8.42 Å². The van der Waals surface area contributed by atoms with Crippen molar-refractivity contribution in [1.29, 1.82) is 0 Å². The lowest BCUT2D eigenvalue weighted by atomic mass is 10.0. The molecule has 0 saturated heterocycles. The van der Waals surface area contributed by atoms with Gasteiger partial charge in [-0.05, 0) is 32.9 Å². The van der Waals surface area contributed by atoms with Gasteiger partial charge in [0.1, 0.15) is 4.75 Å². The van der Waals surface area contributed by atoms with Gasteiger partial charge in [-0.15, -0.1) is 0 Å². The van der Waals surface area contributed by atoms with Gasteiger partial charge in [-0.25, -0.2) is 0 Å². The van der Waals surface area contributed by atoms with E-state index in [1.165, 1.54) is 4.68 Å². The Morgan fingerprint density at radius 2 is 1.84 bits per heavy atom. The SMILES string of the molecule is Cc1nn(-c2ccccc2)c2c1C(C)(C)S(=O)(=O)O2. The average molecular weight is 278 g/mol. The number of fused-ring (bicyclic) bond motifs is 1. The third kappa shape index (κ3) is 1.53. The first kappa shape index (κ1) is 12.2. The van der Waals surface area contributed by atoms with Crippen molar-refractivity contribution in [3.8, 4) is 11.6 Å². The smallest absolute Gasteiger partial charge is 0.320 e. The van der Waals surface area contributed by atoms with Gasteiger partial charge < -0.3 is 4.18 Å². The third-order valence-corrected chi connectivity index (χ3v) is 5.27. The van der Waals surface area contributed by atoms with Gasteiger partial charge in [-0.2, -0.15) is 18.2 Å². The predicted molar refractivity (Wildman–Crippen MR) is 70.9 cm³/mol. The Hall–Kier alpha value is -1.82. The highest BCUT2D eigenvalue weighted by atomic mass is 32.2. The summed E-state index contributed by atoms with van der Waals surface area (Å²) in [5.41, 5.74) is 2.08. The van der Waals surface area contributed by atoms with E-state index in [-0.39, 0.29) is 0 Å². The molecule has 1 aliphatic heterocycles. The van der Waals surface area contributed by atoms with Crippen molar-refractivity contribution in [3.05, 3.63) is 41.6 Å². The first-order valence-corrected chi connectivity index (χ1v) is 7.35. The molecule has 2 heterocycles. The predicted octanol–water partition coefficient (Wildman–Crippen LogP) is 2.14. The molecule has 0 amide bonds. The van der Waals surface area contributed by atoms with Crippen molar-refractivity contribution in [2.75, 3.05) is 0 Å². The Bertz CT molecular complexity index is 746. The number of hydrogen-bond donors (Lipinski definition) is 0. The lowest BCUT2D eigenvalue weighted by molar-refractivity contribution is 0.462. The Labute approximate surface area is 111 Å². The standard InChI is InChI=1S/C13H14N2O3S/c1-9-11-12(18-19(16,17)13(11,2)3)15(14-9)10-7-5-4-6-8-10/h4-8H,1-3H3. The summed E-state index contributed by atoms with van der Waals surface area (Å²) in [6.45, 7) is 5.07. The molecule has 1 aliphatic rings. The van der Waals surface area contributed by atoms with Crippen molar-refractivity contribution in [2.45, 2.75) is 25.5 Å². The maximum Gasteiger partial charge on any atom is 0.320 e. The van der Waals surface area contributed by atoms with E-state index in [0.717, 1.165) is 5.69 Å². The number of rotatable bonds is 1. The van der Waals surface area contributed by atoms with Crippen LogP contribution in [0, 0.1) is 6.92 Å². The molecule has 5 nitrogen and oxygen atoms in total. The van der Waals surface area contributed by atoms with E-state index in [0.29, 0.717) is 17.1 Å². The summed E-state index contributed by atoms with van der Waals surface area (Å²) in [4.78, 5) is 0. The van der Waals surface area contributed by atoms with E-state index in [2.05, 4.69) is 5.10 Å². The van der Waals surface area contributed by atoms with Crippen molar-refractivity contribution >= 4 is 10.1 Å². The maximum atomic E-state index is 12.1. The number of benzene rings is 1. The molecule has 0 aliphatic carbocycles. The molecule has 0 fully saturated rings. The summed E-state index contributed by atoms with van der Waals surface area (Å²) >= 11 is 0. The van der Waals surface area contributed by atoms with Crippen LogP contribution in [0.15, 0.2) is 30.3 Å². The maximum absolute atomic E-state index is 12.1. The summed E-state index contributed by atoms with van der Waals surface area (Å²) < 4.78 is 29.8. The van der Waals surface area contributed by atoms with Gasteiger partial charge in [0.2, 0.25) is 5.88 Å². The first-order chi connectivity index (χ1) is 8.84. The molecule has 3 rings (SSSR count). The van der Waals surface area contributed by atoms with Gasteiger partial charge in [0, 0.05) is 0 Å². The summed E-state index contributed by atoms with van der Waals surface area (Å²) in [7, 11) is -3.65. The van der Waals surface area contributed by atoms with Crippen molar-refractivity contribution in [2.24, 2.45) is 0 Å². The van der Waals surface area contributed by atoms with E-state index in [4.69, 9.17) is 4.18 Å². The Morgan fingerprint density at radius 1 is 1.21 bits per heavy atom. The second-order valence-electron chi connectivity index (χ2n) is 5.06. The number of para-hydroxylation sites is 1. The van der Waals surface area contributed by atoms with E-state index >= 15 is 0 Å². The first-order valence-electron chi connectivity index (χ1n) is 5.94. The van der Waals surface area contributed by atoms with Crippen LogP contribution in [-0.2, 0) is 14.9 Å². The van der Waals surface area contributed by atoms with Crippen molar-refractivity contribution < 1.29 is 12.6 Å². The zero-order chi connectivity index (χ0) is 13.8. The van der Waals surface area contributed by atoms with Gasteiger partial charge in [0.15, 0.2) is 0 Å². The second kappa shape index (κ2) is 3.60. The number of aryl methyl sites for hydroxylation is 1. The van der Waals surface area contributed by atoms with Gasteiger partial charge in [-0.1, -0.05) is 18.2 Å². The highest BCUT2D eigenvalue weighted by Crippen LogP contribution is 2.46. The molecule has 0 unspecified atom stereocenters. The zero-order valence-electron chi connectivity index (χ0n) is 10.9. The fourth-order valence-corrected chi connectivity index (χ4v) is 3.41. The normalized spacial score (nSPS) is 18.9. The van der Waals surface area contributed by atoms with Crippen LogP contribution in [0.4, 0.5) is 0 Å². The van der Waals surface area contributed by atoms with E-state index in [1.54, 1.807) is 20.8 Å². The monoisotopic (exact) mass is 278 g/mol. The molecule has 0 N–H and O–H groups in total. The van der Waals surface area contributed by atoms with Crippen LogP contribution in [0.5, 0.6) is 5.88 Å². The zero-order valence-corrected chi connectivity index (χ0v) is 11.7. The molecule has 0 atom stereocenters. The Morgan fingerprint density at radius 3 is 2.47 bits per heavy atom. The molecular formula is C13H14N2O3S. The summed E-state index contributed by atoms with van der Waals surface area (Å²) in [5, 5.41) is 4.39. The van der Waals surface area contributed by atoms with Crippen LogP contribution < -0.4 is 4.18 Å². The van der Waals surface area contributed by atoms with Gasteiger partial charge >= 0.3 is 10.1 Å².